The van der Waals surface area contributed by atoms with Crippen molar-refractivity contribution in [3.8, 4) is 0 Å². The van der Waals surface area contributed by atoms with Gasteiger partial charge in [0.15, 0.2) is 0 Å². The highest BCUT2D eigenvalue weighted by atomic mass is 15.4. The highest BCUT2D eigenvalue weighted by Crippen LogP contribution is 2.24. The van der Waals surface area contributed by atoms with E-state index < -0.39 is 0 Å². The summed E-state index contributed by atoms with van der Waals surface area (Å²) in [6.07, 6.45) is 7.75. The normalized spacial score (nSPS) is 22.3. The van der Waals surface area contributed by atoms with Crippen LogP contribution in [0.5, 0.6) is 0 Å². The average molecular weight is 311 g/mol. The quantitative estimate of drug-likeness (QED) is 0.849. The minimum absolute atomic E-state index is 0.484. The van der Waals surface area contributed by atoms with Crippen molar-refractivity contribution in [3.05, 3.63) is 48.0 Å². The third kappa shape index (κ3) is 3.46. The van der Waals surface area contributed by atoms with Crippen LogP contribution in [0, 0.1) is 0 Å². The van der Waals surface area contributed by atoms with Crippen LogP contribution >= 0.6 is 0 Å². The second-order valence-corrected chi connectivity index (χ2v) is 6.75. The lowest BCUT2D eigenvalue weighted by atomic mass is 10.1. The van der Waals surface area contributed by atoms with E-state index in [-0.39, 0.29) is 0 Å². The predicted molar refractivity (Wildman–Crippen MR) is 89.9 cm³/mol. The lowest BCUT2D eigenvalue weighted by molar-refractivity contribution is 0.150. The summed E-state index contributed by atoms with van der Waals surface area (Å²) in [5.74, 6) is 0. The molecule has 4 rings (SSSR count). The number of pyridine rings is 1. The number of fused-ring (bicyclic) bond motifs is 1. The highest BCUT2D eigenvalue weighted by molar-refractivity contribution is 5.08. The Morgan fingerprint density at radius 3 is 2.78 bits per heavy atom. The molecule has 0 N–H and O–H groups in total. The zero-order valence-electron chi connectivity index (χ0n) is 13.6. The maximum Gasteiger partial charge on any atom is 0.0662 e. The van der Waals surface area contributed by atoms with Gasteiger partial charge >= 0.3 is 0 Å². The summed E-state index contributed by atoms with van der Waals surface area (Å²) in [4.78, 5) is 9.58. The Morgan fingerprint density at radius 2 is 1.96 bits per heavy atom. The summed E-state index contributed by atoms with van der Waals surface area (Å²) in [5, 5.41) is 4.58. The number of hydrogen-bond donors (Lipinski definition) is 0. The average Bonchev–Trinajstić information content (AvgIpc) is 3.25. The van der Waals surface area contributed by atoms with Gasteiger partial charge in [-0.1, -0.05) is 6.07 Å². The number of rotatable bonds is 5. The van der Waals surface area contributed by atoms with Crippen LogP contribution in [0.25, 0.3) is 0 Å². The van der Waals surface area contributed by atoms with Gasteiger partial charge in [-0.2, -0.15) is 5.10 Å². The van der Waals surface area contributed by atoms with Gasteiger partial charge in [0.1, 0.15) is 0 Å². The van der Waals surface area contributed by atoms with Crippen LogP contribution in [-0.2, 0) is 13.1 Å². The second-order valence-electron chi connectivity index (χ2n) is 6.75. The molecule has 0 aliphatic carbocycles. The van der Waals surface area contributed by atoms with Crippen molar-refractivity contribution >= 4 is 0 Å². The molecule has 5 heteroatoms. The molecule has 23 heavy (non-hydrogen) atoms. The summed E-state index contributed by atoms with van der Waals surface area (Å²) in [7, 11) is 0. The molecule has 1 fully saturated rings. The SMILES string of the molecule is c1ccc(CN2Cc3ccnn3[C@H](CCN3CCCC3)C2)nc1. The third-order valence-corrected chi connectivity index (χ3v) is 5.04. The zero-order valence-corrected chi connectivity index (χ0v) is 13.6. The van der Waals surface area contributed by atoms with Crippen LogP contribution in [0.3, 0.4) is 0 Å². The summed E-state index contributed by atoms with van der Waals surface area (Å²) >= 11 is 0. The van der Waals surface area contributed by atoms with Crippen LogP contribution < -0.4 is 0 Å². The van der Waals surface area contributed by atoms with Gasteiger partial charge in [0, 0.05) is 38.6 Å². The van der Waals surface area contributed by atoms with Gasteiger partial charge in [-0.25, -0.2) is 0 Å². The first-order valence-electron chi connectivity index (χ1n) is 8.75. The van der Waals surface area contributed by atoms with Crippen LogP contribution in [-0.4, -0.2) is 50.7 Å². The van der Waals surface area contributed by atoms with E-state index in [1.165, 1.54) is 44.6 Å². The van der Waals surface area contributed by atoms with Gasteiger partial charge in [-0.15, -0.1) is 0 Å². The molecule has 4 heterocycles. The van der Waals surface area contributed by atoms with Crippen molar-refractivity contribution in [1.82, 2.24) is 24.6 Å². The topological polar surface area (TPSA) is 37.2 Å². The molecule has 0 amide bonds. The van der Waals surface area contributed by atoms with Crippen molar-refractivity contribution in [1.29, 1.82) is 0 Å². The number of aromatic nitrogens is 3. The monoisotopic (exact) mass is 311 g/mol. The van der Waals surface area contributed by atoms with Crippen LogP contribution in [0.2, 0.25) is 0 Å². The first-order valence-corrected chi connectivity index (χ1v) is 8.75. The fourth-order valence-corrected chi connectivity index (χ4v) is 3.86. The Morgan fingerprint density at radius 1 is 1.04 bits per heavy atom. The van der Waals surface area contributed by atoms with Crippen molar-refractivity contribution < 1.29 is 0 Å². The van der Waals surface area contributed by atoms with Crippen LogP contribution in [0.15, 0.2) is 36.7 Å². The largest absolute Gasteiger partial charge is 0.303 e. The minimum atomic E-state index is 0.484. The molecule has 1 atom stereocenters. The van der Waals surface area contributed by atoms with Gasteiger partial charge in [0.05, 0.1) is 17.4 Å². The zero-order chi connectivity index (χ0) is 15.5. The highest BCUT2D eigenvalue weighted by Gasteiger charge is 2.26. The molecule has 1 saturated heterocycles. The molecule has 2 aromatic heterocycles. The van der Waals surface area contributed by atoms with E-state index in [4.69, 9.17) is 0 Å². The van der Waals surface area contributed by atoms with E-state index in [1.54, 1.807) is 0 Å². The minimum Gasteiger partial charge on any atom is -0.303 e. The number of hydrogen-bond acceptors (Lipinski definition) is 4. The van der Waals surface area contributed by atoms with E-state index >= 15 is 0 Å². The molecule has 0 radical (unpaired) electrons. The van der Waals surface area contributed by atoms with E-state index in [9.17, 15) is 0 Å². The molecule has 5 nitrogen and oxygen atoms in total. The molecule has 0 saturated carbocycles. The Hall–Kier alpha value is -1.72. The molecule has 2 aliphatic heterocycles. The predicted octanol–water partition coefficient (Wildman–Crippen LogP) is 2.32. The third-order valence-electron chi connectivity index (χ3n) is 5.04. The molecular weight excluding hydrogens is 286 g/mol. The molecule has 0 unspecified atom stereocenters. The smallest absolute Gasteiger partial charge is 0.0662 e. The fraction of sp³-hybridized carbons (Fsp3) is 0.556. The first kappa shape index (κ1) is 14.8. The number of likely N-dealkylation sites (tertiary alicyclic amines) is 1. The van der Waals surface area contributed by atoms with Crippen LogP contribution in [0.4, 0.5) is 0 Å². The summed E-state index contributed by atoms with van der Waals surface area (Å²) in [5.41, 5.74) is 2.48. The van der Waals surface area contributed by atoms with E-state index in [0.29, 0.717) is 6.04 Å². The van der Waals surface area contributed by atoms with Gasteiger partial charge in [0.2, 0.25) is 0 Å². The Bertz CT molecular complexity index is 617. The van der Waals surface area contributed by atoms with E-state index in [1.807, 2.05) is 18.5 Å². The van der Waals surface area contributed by atoms with Crippen molar-refractivity contribution in [2.75, 3.05) is 26.2 Å². The molecule has 122 valence electrons. The second kappa shape index (κ2) is 6.81. The lowest BCUT2D eigenvalue weighted by Crippen LogP contribution is -2.38. The standard InChI is InChI=1S/C18H25N5/c1-2-8-19-16(5-1)13-22-14-17-6-9-20-23(17)18(15-22)7-12-21-10-3-4-11-21/h1-2,5-6,8-9,18H,3-4,7,10-15H2/t18-/m1/s1. The Kier molecular flexibility index (Phi) is 4.39. The van der Waals surface area contributed by atoms with Crippen LogP contribution in [0.1, 0.15) is 36.7 Å². The first-order chi connectivity index (χ1) is 11.4. The molecule has 2 aromatic rings. The van der Waals surface area contributed by atoms with E-state index in [2.05, 4.69) is 42.8 Å². The van der Waals surface area contributed by atoms with Gasteiger partial charge in [0.25, 0.3) is 0 Å². The number of nitrogens with zero attached hydrogens (tertiary/aromatic N) is 5. The summed E-state index contributed by atoms with van der Waals surface area (Å²) < 4.78 is 2.25. The van der Waals surface area contributed by atoms with Gasteiger partial charge < -0.3 is 4.90 Å². The molecule has 0 spiro atoms. The summed E-state index contributed by atoms with van der Waals surface area (Å²) in [6.45, 7) is 6.70. The van der Waals surface area contributed by atoms with Gasteiger partial charge in [-0.05, 0) is 50.6 Å². The van der Waals surface area contributed by atoms with Gasteiger partial charge in [-0.3, -0.25) is 14.6 Å². The maximum atomic E-state index is 4.58. The Balaban J connectivity index is 1.43. The maximum absolute atomic E-state index is 4.58. The summed E-state index contributed by atoms with van der Waals surface area (Å²) in [6, 6.07) is 8.81. The van der Waals surface area contributed by atoms with Crippen molar-refractivity contribution in [3.63, 3.8) is 0 Å². The fourth-order valence-electron chi connectivity index (χ4n) is 3.86. The van der Waals surface area contributed by atoms with Crippen molar-refractivity contribution in [2.45, 2.75) is 38.4 Å². The molecule has 2 aliphatic rings. The molecule has 0 aromatic carbocycles. The molecular formula is C18H25N5. The lowest BCUT2D eigenvalue weighted by Gasteiger charge is -2.34. The Labute approximate surface area is 137 Å². The van der Waals surface area contributed by atoms with E-state index in [0.717, 1.165) is 25.3 Å². The molecule has 0 bridgehead atoms. The van der Waals surface area contributed by atoms with Crippen molar-refractivity contribution in [2.24, 2.45) is 0 Å².